The van der Waals surface area contributed by atoms with Crippen molar-refractivity contribution < 1.29 is 24.2 Å². The molecule has 26 heavy (non-hydrogen) atoms. The van der Waals surface area contributed by atoms with Gasteiger partial charge in [-0.2, -0.15) is 0 Å². The summed E-state index contributed by atoms with van der Waals surface area (Å²) in [5.74, 6) is -0.166. The molecule has 1 aliphatic rings. The topological polar surface area (TPSA) is 76.1 Å². The Hall–Kier alpha value is -2.76. The average molecular weight is 359 g/mol. The van der Waals surface area contributed by atoms with Crippen molar-refractivity contribution in [3.05, 3.63) is 47.7 Å². The smallest absolute Gasteiger partial charge is 0.290 e. The molecule has 0 spiro atoms. The van der Waals surface area contributed by atoms with E-state index in [0.717, 1.165) is 0 Å². The molecule has 0 saturated heterocycles. The highest BCUT2D eigenvalue weighted by Gasteiger charge is 2.43. The number of hydrogen-bond acceptors (Lipinski definition) is 5. The molecule has 2 rings (SSSR count). The van der Waals surface area contributed by atoms with Gasteiger partial charge in [0.2, 0.25) is 0 Å². The third kappa shape index (κ3) is 3.59. The fraction of sp³-hybridized carbons (Fsp3) is 0.400. The van der Waals surface area contributed by atoms with Crippen LogP contribution in [-0.4, -0.2) is 42.5 Å². The highest BCUT2D eigenvalue weighted by atomic mass is 16.5. The lowest BCUT2D eigenvalue weighted by atomic mass is 9.92. The number of hydrogen-bond donors (Lipinski definition) is 1. The highest BCUT2D eigenvalue weighted by Crippen LogP contribution is 2.41. The quantitative estimate of drug-likeness (QED) is 0.722. The molecule has 1 N–H and O–H groups in total. The molecule has 0 aliphatic carbocycles. The van der Waals surface area contributed by atoms with Crippen LogP contribution in [0.15, 0.2) is 42.2 Å². The molecular formula is C20H25NO5. The van der Waals surface area contributed by atoms with E-state index in [4.69, 9.17) is 9.47 Å². The standard InChI is InChI=1S/C20H25NO5/c1-6-9-21-18(13-7-8-15(25-4)16(11-13)26-5)17(19(23)20(21)24)14(22)10-12(2)3/h6-8,11-12,18,23H,1,9-10H2,2-5H3. The number of carbonyl (C=O) groups excluding carboxylic acids is 2. The van der Waals surface area contributed by atoms with Crippen molar-refractivity contribution in [2.45, 2.75) is 26.3 Å². The van der Waals surface area contributed by atoms with E-state index < -0.39 is 17.7 Å². The Bertz CT molecular complexity index is 751. The van der Waals surface area contributed by atoms with Crippen molar-refractivity contribution in [2.24, 2.45) is 5.92 Å². The van der Waals surface area contributed by atoms with Crippen LogP contribution in [0.1, 0.15) is 31.9 Å². The van der Waals surface area contributed by atoms with E-state index in [2.05, 4.69) is 6.58 Å². The molecule has 0 radical (unpaired) electrons. The van der Waals surface area contributed by atoms with Crippen LogP contribution in [0.5, 0.6) is 11.5 Å². The zero-order chi connectivity index (χ0) is 19.4. The molecule has 1 aromatic carbocycles. The van der Waals surface area contributed by atoms with Gasteiger partial charge in [-0.25, -0.2) is 0 Å². The number of methoxy groups -OCH3 is 2. The largest absolute Gasteiger partial charge is 0.503 e. The number of benzene rings is 1. The zero-order valence-corrected chi connectivity index (χ0v) is 15.6. The first-order valence-electron chi connectivity index (χ1n) is 8.45. The van der Waals surface area contributed by atoms with Gasteiger partial charge in [0, 0.05) is 13.0 Å². The summed E-state index contributed by atoms with van der Waals surface area (Å²) in [6, 6.07) is 4.50. The average Bonchev–Trinajstić information content (AvgIpc) is 2.85. The van der Waals surface area contributed by atoms with Crippen LogP contribution in [-0.2, 0) is 9.59 Å². The second kappa shape index (κ2) is 8.08. The molecule has 1 heterocycles. The molecule has 0 saturated carbocycles. The number of aliphatic hydroxyl groups excluding tert-OH is 1. The highest BCUT2D eigenvalue weighted by molar-refractivity contribution is 6.09. The Balaban J connectivity index is 2.57. The molecule has 6 heteroatoms. The molecule has 1 aliphatic heterocycles. The van der Waals surface area contributed by atoms with Gasteiger partial charge in [-0.15, -0.1) is 6.58 Å². The fourth-order valence-electron chi connectivity index (χ4n) is 3.12. The van der Waals surface area contributed by atoms with Gasteiger partial charge in [0.25, 0.3) is 5.91 Å². The minimum absolute atomic E-state index is 0.109. The molecule has 1 amide bonds. The number of aliphatic hydroxyl groups is 1. The molecule has 140 valence electrons. The number of nitrogens with zero attached hydrogens (tertiary/aromatic N) is 1. The van der Waals surface area contributed by atoms with Crippen molar-refractivity contribution in [3.8, 4) is 11.5 Å². The number of rotatable bonds is 8. The van der Waals surface area contributed by atoms with E-state index in [9.17, 15) is 14.7 Å². The van der Waals surface area contributed by atoms with E-state index in [1.165, 1.54) is 19.1 Å². The molecule has 6 nitrogen and oxygen atoms in total. The first kappa shape index (κ1) is 19.6. The lowest BCUT2D eigenvalue weighted by Crippen LogP contribution is -2.31. The lowest BCUT2D eigenvalue weighted by molar-refractivity contribution is -0.128. The van der Waals surface area contributed by atoms with Gasteiger partial charge in [0.1, 0.15) is 0 Å². The minimum Gasteiger partial charge on any atom is -0.503 e. The van der Waals surface area contributed by atoms with Crippen molar-refractivity contribution >= 4 is 11.7 Å². The Labute approximate surface area is 153 Å². The van der Waals surface area contributed by atoms with Crippen LogP contribution in [0.2, 0.25) is 0 Å². The number of Topliss-reactive ketones (excluding diaryl/α,β-unsaturated/α-hetero) is 1. The monoisotopic (exact) mass is 359 g/mol. The van der Waals surface area contributed by atoms with Gasteiger partial charge in [0.05, 0.1) is 25.8 Å². The molecule has 1 aromatic rings. The predicted octanol–water partition coefficient (Wildman–Crippen LogP) is 3.20. The van der Waals surface area contributed by atoms with E-state index in [1.807, 2.05) is 13.8 Å². The summed E-state index contributed by atoms with van der Waals surface area (Å²) in [5, 5.41) is 10.4. The van der Waals surface area contributed by atoms with Crippen molar-refractivity contribution in [2.75, 3.05) is 20.8 Å². The van der Waals surface area contributed by atoms with E-state index in [0.29, 0.717) is 17.1 Å². The number of carbonyl (C=O) groups is 2. The maximum Gasteiger partial charge on any atom is 0.290 e. The van der Waals surface area contributed by atoms with Gasteiger partial charge in [0.15, 0.2) is 23.0 Å². The summed E-state index contributed by atoms with van der Waals surface area (Å²) in [6.45, 7) is 7.71. The van der Waals surface area contributed by atoms with Crippen LogP contribution in [0, 0.1) is 5.92 Å². The van der Waals surface area contributed by atoms with Crippen LogP contribution in [0.3, 0.4) is 0 Å². The maximum atomic E-state index is 12.7. The van der Waals surface area contributed by atoms with Crippen LogP contribution < -0.4 is 9.47 Å². The second-order valence-corrected chi connectivity index (χ2v) is 6.55. The zero-order valence-electron chi connectivity index (χ0n) is 15.6. The van der Waals surface area contributed by atoms with Gasteiger partial charge >= 0.3 is 0 Å². The van der Waals surface area contributed by atoms with E-state index in [-0.39, 0.29) is 30.2 Å². The van der Waals surface area contributed by atoms with Crippen molar-refractivity contribution in [1.82, 2.24) is 4.90 Å². The molecule has 1 unspecified atom stereocenters. The summed E-state index contributed by atoms with van der Waals surface area (Å²) in [7, 11) is 3.05. The number of ketones is 1. The number of ether oxygens (including phenoxy) is 2. The second-order valence-electron chi connectivity index (χ2n) is 6.55. The molecule has 0 bridgehead atoms. The predicted molar refractivity (Wildman–Crippen MR) is 98.3 cm³/mol. The normalized spacial score (nSPS) is 17.0. The first-order valence-corrected chi connectivity index (χ1v) is 8.45. The fourth-order valence-corrected chi connectivity index (χ4v) is 3.12. The van der Waals surface area contributed by atoms with E-state index >= 15 is 0 Å². The maximum absolute atomic E-state index is 12.7. The van der Waals surface area contributed by atoms with Crippen molar-refractivity contribution in [3.63, 3.8) is 0 Å². The molecule has 0 fully saturated rings. The van der Waals surface area contributed by atoms with Gasteiger partial charge in [-0.3, -0.25) is 9.59 Å². The van der Waals surface area contributed by atoms with Gasteiger partial charge < -0.3 is 19.5 Å². The first-order chi connectivity index (χ1) is 12.3. The summed E-state index contributed by atoms with van der Waals surface area (Å²) < 4.78 is 10.6. The Morgan fingerprint density at radius 2 is 1.96 bits per heavy atom. The van der Waals surface area contributed by atoms with Crippen LogP contribution in [0.4, 0.5) is 0 Å². The number of amides is 1. The van der Waals surface area contributed by atoms with Crippen molar-refractivity contribution in [1.29, 1.82) is 0 Å². The van der Waals surface area contributed by atoms with Crippen LogP contribution >= 0.6 is 0 Å². The minimum atomic E-state index is -0.688. The molecule has 1 atom stereocenters. The lowest BCUT2D eigenvalue weighted by Gasteiger charge is -2.26. The van der Waals surface area contributed by atoms with Gasteiger partial charge in [-0.05, 0) is 23.6 Å². The Morgan fingerprint density at radius 1 is 1.31 bits per heavy atom. The van der Waals surface area contributed by atoms with Gasteiger partial charge in [-0.1, -0.05) is 26.0 Å². The summed E-state index contributed by atoms with van der Waals surface area (Å²) in [4.78, 5) is 26.7. The molecular weight excluding hydrogens is 334 g/mol. The Kier molecular flexibility index (Phi) is 6.08. The summed E-state index contributed by atoms with van der Waals surface area (Å²) >= 11 is 0. The van der Waals surface area contributed by atoms with E-state index in [1.54, 1.807) is 24.3 Å². The summed E-state index contributed by atoms with van der Waals surface area (Å²) in [6.07, 6.45) is 1.81. The summed E-state index contributed by atoms with van der Waals surface area (Å²) in [5.41, 5.74) is 0.784. The SMILES string of the molecule is C=CCN1C(=O)C(O)=C(C(=O)CC(C)C)C1c1ccc(OC)c(OC)c1. The van der Waals surface area contributed by atoms with Crippen LogP contribution in [0.25, 0.3) is 0 Å². The Morgan fingerprint density at radius 3 is 2.50 bits per heavy atom. The third-order valence-corrected chi connectivity index (χ3v) is 4.25. The third-order valence-electron chi connectivity index (χ3n) is 4.25. The molecule has 0 aromatic heterocycles.